The molecule has 0 spiro atoms. The minimum absolute atomic E-state index is 0.0170. The molecular weight excluding hydrogens is 205 g/mol. The summed E-state index contributed by atoms with van der Waals surface area (Å²) in [6.07, 6.45) is 2.13. The summed E-state index contributed by atoms with van der Waals surface area (Å²) in [4.78, 5) is 0. The van der Waals surface area contributed by atoms with Crippen molar-refractivity contribution in [2.24, 2.45) is 5.73 Å². The number of fused-ring (bicyclic) bond motifs is 1. The highest BCUT2D eigenvalue weighted by Gasteiger charge is 2.30. The van der Waals surface area contributed by atoms with Crippen molar-refractivity contribution in [1.29, 1.82) is 0 Å². The molecule has 16 heavy (non-hydrogen) atoms. The van der Waals surface area contributed by atoms with Gasteiger partial charge in [0.15, 0.2) is 0 Å². The summed E-state index contributed by atoms with van der Waals surface area (Å²) in [5.41, 5.74) is 8.19. The predicted octanol–water partition coefficient (Wildman–Crippen LogP) is -1.46. The molecule has 1 aromatic rings. The summed E-state index contributed by atoms with van der Waals surface area (Å²) >= 11 is 0. The van der Waals surface area contributed by atoms with Crippen LogP contribution in [0.4, 0.5) is 0 Å². The van der Waals surface area contributed by atoms with Crippen LogP contribution in [-0.4, -0.2) is 34.4 Å². The van der Waals surface area contributed by atoms with Crippen molar-refractivity contribution < 1.29 is 15.2 Å². The maximum atomic E-state index is 9.21. The highest BCUT2D eigenvalue weighted by molar-refractivity contribution is 6.58. The Hall–Kier alpha value is -0.875. The monoisotopic (exact) mass is 221 g/mol. The first-order valence-electron chi connectivity index (χ1n) is 5.42. The van der Waals surface area contributed by atoms with E-state index in [0.717, 1.165) is 24.0 Å². The van der Waals surface area contributed by atoms with Gasteiger partial charge in [-0.05, 0) is 35.9 Å². The van der Waals surface area contributed by atoms with Crippen LogP contribution in [0.25, 0.3) is 0 Å². The number of nitrogens with two attached hydrogens (primary N) is 1. The van der Waals surface area contributed by atoms with Crippen LogP contribution in [0.2, 0.25) is 0 Å². The maximum absolute atomic E-state index is 9.21. The molecule has 0 aliphatic heterocycles. The van der Waals surface area contributed by atoms with Crippen molar-refractivity contribution in [2.45, 2.75) is 24.8 Å². The fourth-order valence-electron chi connectivity index (χ4n) is 2.20. The molecule has 5 N–H and O–H groups in total. The first-order valence-corrected chi connectivity index (χ1v) is 5.42. The zero-order valence-electron chi connectivity index (χ0n) is 9.06. The standard InChI is InChI=1S/C11H16BNO3/c13-11(7-14)4-3-8-5-10(12(15)16)2-1-9(8)6-11/h1-2,5,14-16H,3-4,6-7,13H2/t11-/m0/s1. The molecule has 0 saturated heterocycles. The molecule has 5 heteroatoms. The molecule has 4 nitrogen and oxygen atoms in total. The molecule has 0 fully saturated rings. The number of aliphatic hydroxyl groups excluding tert-OH is 1. The van der Waals surface area contributed by atoms with Gasteiger partial charge in [-0.15, -0.1) is 0 Å². The Kier molecular flexibility index (Phi) is 3.03. The first-order chi connectivity index (χ1) is 7.54. The number of aliphatic hydroxyl groups is 1. The van der Waals surface area contributed by atoms with Gasteiger partial charge in [-0.3, -0.25) is 0 Å². The van der Waals surface area contributed by atoms with Crippen LogP contribution in [0.1, 0.15) is 17.5 Å². The molecule has 0 radical (unpaired) electrons. The molecule has 1 aliphatic carbocycles. The second kappa shape index (κ2) is 4.18. The van der Waals surface area contributed by atoms with Gasteiger partial charge in [0.05, 0.1) is 6.61 Å². The summed E-state index contributed by atoms with van der Waals surface area (Å²) in [6, 6.07) is 5.35. The van der Waals surface area contributed by atoms with Gasteiger partial charge in [-0.1, -0.05) is 18.2 Å². The lowest BCUT2D eigenvalue weighted by atomic mass is 9.74. The minimum atomic E-state index is -1.42. The number of aryl methyl sites for hydroxylation is 1. The second-order valence-corrected chi connectivity index (χ2v) is 4.60. The van der Waals surface area contributed by atoms with Crippen LogP contribution in [0.3, 0.4) is 0 Å². The number of rotatable bonds is 2. The average Bonchev–Trinajstić information content (AvgIpc) is 2.28. The molecule has 0 unspecified atom stereocenters. The highest BCUT2D eigenvalue weighted by atomic mass is 16.4. The van der Waals surface area contributed by atoms with Crippen LogP contribution >= 0.6 is 0 Å². The third-order valence-corrected chi connectivity index (χ3v) is 3.28. The predicted molar refractivity (Wildman–Crippen MR) is 62.3 cm³/mol. The van der Waals surface area contributed by atoms with E-state index < -0.39 is 12.7 Å². The Morgan fingerprint density at radius 3 is 2.69 bits per heavy atom. The van der Waals surface area contributed by atoms with Crippen LogP contribution in [-0.2, 0) is 12.8 Å². The quantitative estimate of drug-likeness (QED) is 0.460. The van der Waals surface area contributed by atoms with Crippen LogP contribution < -0.4 is 11.2 Å². The van der Waals surface area contributed by atoms with E-state index in [9.17, 15) is 5.11 Å². The van der Waals surface area contributed by atoms with Crippen LogP contribution in [0.5, 0.6) is 0 Å². The Labute approximate surface area is 94.9 Å². The Bertz CT molecular complexity index is 397. The van der Waals surface area contributed by atoms with Gasteiger partial charge in [0.2, 0.25) is 0 Å². The second-order valence-electron chi connectivity index (χ2n) is 4.60. The molecule has 0 bridgehead atoms. The fourth-order valence-corrected chi connectivity index (χ4v) is 2.20. The van der Waals surface area contributed by atoms with Crippen LogP contribution in [0.15, 0.2) is 18.2 Å². The normalized spacial score (nSPS) is 24.0. The largest absolute Gasteiger partial charge is 0.488 e. The van der Waals surface area contributed by atoms with Gasteiger partial charge < -0.3 is 20.9 Å². The van der Waals surface area contributed by atoms with Crippen molar-refractivity contribution in [2.75, 3.05) is 6.61 Å². The number of hydrogen-bond donors (Lipinski definition) is 4. The van der Waals surface area contributed by atoms with Gasteiger partial charge in [-0.2, -0.15) is 0 Å². The van der Waals surface area contributed by atoms with E-state index in [0.29, 0.717) is 11.9 Å². The highest BCUT2D eigenvalue weighted by Crippen LogP contribution is 2.26. The molecular formula is C11H16BNO3. The molecule has 1 aromatic carbocycles. The van der Waals surface area contributed by atoms with Gasteiger partial charge in [-0.25, -0.2) is 0 Å². The van der Waals surface area contributed by atoms with Crippen molar-refractivity contribution in [3.63, 3.8) is 0 Å². The lowest BCUT2D eigenvalue weighted by Gasteiger charge is -2.33. The smallest absolute Gasteiger partial charge is 0.423 e. The molecule has 0 aromatic heterocycles. The lowest BCUT2D eigenvalue weighted by Crippen LogP contribution is -2.48. The summed E-state index contributed by atoms with van der Waals surface area (Å²) in [5.74, 6) is 0. The van der Waals surface area contributed by atoms with E-state index in [1.54, 1.807) is 12.1 Å². The summed E-state index contributed by atoms with van der Waals surface area (Å²) in [6.45, 7) is -0.0170. The molecule has 2 rings (SSSR count). The summed E-state index contributed by atoms with van der Waals surface area (Å²) in [7, 11) is -1.42. The molecule has 0 amide bonds. The molecule has 1 atom stereocenters. The third kappa shape index (κ3) is 2.13. The summed E-state index contributed by atoms with van der Waals surface area (Å²) < 4.78 is 0. The number of benzene rings is 1. The van der Waals surface area contributed by atoms with Gasteiger partial charge in [0.1, 0.15) is 0 Å². The molecule has 86 valence electrons. The maximum Gasteiger partial charge on any atom is 0.488 e. The SMILES string of the molecule is N[C@@]1(CO)CCc2cc(B(O)O)ccc2C1. The summed E-state index contributed by atoms with van der Waals surface area (Å²) in [5, 5.41) is 27.3. The van der Waals surface area contributed by atoms with E-state index >= 15 is 0 Å². The Morgan fingerprint density at radius 2 is 2.06 bits per heavy atom. The van der Waals surface area contributed by atoms with Crippen molar-refractivity contribution >= 4 is 12.6 Å². The minimum Gasteiger partial charge on any atom is -0.423 e. The zero-order chi connectivity index (χ0) is 11.8. The molecule has 0 heterocycles. The topological polar surface area (TPSA) is 86.7 Å². The van der Waals surface area contributed by atoms with E-state index in [1.807, 2.05) is 6.07 Å². The van der Waals surface area contributed by atoms with E-state index in [4.69, 9.17) is 15.8 Å². The fraction of sp³-hybridized carbons (Fsp3) is 0.455. The van der Waals surface area contributed by atoms with Gasteiger partial charge >= 0.3 is 7.12 Å². The Morgan fingerprint density at radius 1 is 1.31 bits per heavy atom. The number of hydrogen-bond acceptors (Lipinski definition) is 4. The lowest BCUT2D eigenvalue weighted by molar-refractivity contribution is 0.181. The van der Waals surface area contributed by atoms with Gasteiger partial charge in [0, 0.05) is 5.54 Å². The Balaban J connectivity index is 2.29. The molecule has 0 saturated carbocycles. The first kappa shape index (κ1) is 11.6. The third-order valence-electron chi connectivity index (χ3n) is 3.28. The zero-order valence-corrected chi connectivity index (χ0v) is 9.06. The van der Waals surface area contributed by atoms with E-state index in [-0.39, 0.29) is 6.61 Å². The average molecular weight is 221 g/mol. The molecule has 1 aliphatic rings. The van der Waals surface area contributed by atoms with E-state index in [1.165, 1.54) is 0 Å². The van der Waals surface area contributed by atoms with Crippen LogP contribution in [0, 0.1) is 0 Å². The van der Waals surface area contributed by atoms with E-state index in [2.05, 4.69) is 0 Å². The van der Waals surface area contributed by atoms with Crippen molar-refractivity contribution in [1.82, 2.24) is 0 Å². The van der Waals surface area contributed by atoms with Gasteiger partial charge in [0.25, 0.3) is 0 Å². The van der Waals surface area contributed by atoms with Crippen molar-refractivity contribution in [3.05, 3.63) is 29.3 Å². The van der Waals surface area contributed by atoms with Crippen molar-refractivity contribution in [3.8, 4) is 0 Å².